The van der Waals surface area contributed by atoms with Gasteiger partial charge in [-0.3, -0.25) is 9.69 Å². The average Bonchev–Trinajstić information content (AvgIpc) is 2.80. The number of hydrogen-bond donors (Lipinski definition) is 1. The fourth-order valence-corrected chi connectivity index (χ4v) is 4.03. The monoisotopic (exact) mass is 489 g/mol. The Hall–Kier alpha value is -2.93. The SMILES string of the molecule is CNC(=S)N(C#N)c1cc(Cl)ccc1OCC(=O)N1CCN(Cc2ccc(F)cc2)CC1C. The summed E-state index contributed by atoms with van der Waals surface area (Å²) >= 11 is 11.3. The molecule has 0 aliphatic carbocycles. The number of anilines is 1. The molecule has 33 heavy (non-hydrogen) atoms. The highest BCUT2D eigenvalue weighted by atomic mass is 35.5. The number of nitrogens with zero attached hydrogens (tertiary/aromatic N) is 4. The van der Waals surface area contributed by atoms with Crippen molar-refractivity contribution in [3.63, 3.8) is 0 Å². The van der Waals surface area contributed by atoms with Crippen molar-refractivity contribution >= 4 is 40.5 Å². The highest BCUT2D eigenvalue weighted by Gasteiger charge is 2.28. The molecule has 0 aromatic heterocycles. The van der Waals surface area contributed by atoms with Gasteiger partial charge in [-0.1, -0.05) is 23.7 Å². The Bertz CT molecular complexity index is 1050. The molecular weight excluding hydrogens is 465 g/mol. The molecule has 7 nitrogen and oxygen atoms in total. The molecule has 0 spiro atoms. The second-order valence-corrected chi connectivity index (χ2v) is 8.51. The highest BCUT2D eigenvalue weighted by Crippen LogP contribution is 2.31. The second kappa shape index (κ2) is 11.3. The number of rotatable bonds is 6. The van der Waals surface area contributed by atoms with E-state index in [1.807, 2.05) is 13.1 Å². The zero-order valence-corrected chi connectivity index (χ0v) is 20.0. The molecule has 2 aromatic rings. The number of hydrogen-bond acceptors (Lipinski definition) is 5. The van der Waals surface area contributed by atoms with Crippen LogP contribution in [0.1, 0.15) is 12.5 Å². The van der Waals surface area contributed by atoms with E-state index in [2.05, 4.69) is 10.2 Å². The average molecular weight is 490 g/mol. The number of benzene rings is 2. The van der Waals surface area contributed by atoms with Gasteiger partial charge in [0, 0.05) is 44.3 Å². The number of nitriles is 1. The molecule has 1 unspecified atom stereocenters. The quantitative estimate of drug-likeness (QED) is 0.379. The van der Waals surface area contributed by atoms with Crippen molar-refractivity contribution in [2.24, 2.45) is 0 Å². The Kier molecular flexibility index (Phi) is 8.44. The fourth-order valence-electron chi connectivity index (χ4n) is 3.73. The van der Waals surface area contributed by atoms with Crippen molar-refractivity contribution in [1.82, 2.24) is 15.1 Å². The van der Waals surface area contributed by atoms with Crippen LogP contribution in [0.2, 0.25) is 5.02 Å². The number of amides is 1. The van der Waals surface area contributed by atoms with Crippen molar-refractivity contribution in [1.29, 1.82) is 5.26 Å². The zero-order valence-electron chi connectivity index (χ0n) is 18.4. The second-order valence-electron chi connectivity index (χ2n) is 7.69. The van der Waals surface area contributed by atoms with Crippen LogP contribution in [0, 0.1) is 17.3 Å². The van der Waals surface area contributed by atoms with Crippen LogP contribution in [0.25, 0.3) is 0 Å². The molecule has 1 heterocycles. The predicted octanol–water partition coefficient (Wildman–Crippen LogP) is 3.38. The van der Waals surface area contributed by atoms with Crippen LogP contribution in [-0.2, 0) is 11.3 Å². The summed E-state index contributed by atoms with van der Waals surface area (Å²) in [5.41, 5.74) is 1.39. The third-order valence-corrected chi connectivity index (χ3v) is 6.00. The third kappa shape index (κ3) is 6.32. The molecule has 1 atom stereocenters. The lowest BCUT2D eigenvalue weighted by Gasteiger charge is -2.40. The van der Waals surface area contributed by atoms with Crippen LogP contribution in [0.5, 0.6) is 5.75 Å². The molecule has 1 amide bonds. The number of halogens is 2. The van der Waals surface area contributed by atoms with E-state index in [9.17, 15) is 14.4 Å². The standard InChI is InChI=1S/C23H25ClFN5O2S/c1-16-12-28(13-17-3-6-19(25)7-4-17)9-10-29(16)22(31)14-32-21-8-5-18(24)11-20(21)30(15-26)23(33)27-2/h3-8,11,16H,9-10,12-14H2,1-2H3,(H,27,33). The first kappa shape index (κ1) is 24.7. The van der Waals surface area contributed by atoms with Gasteiger partial charge in [0.15, 0.2) is 17.9 Å². The van der Waals surface area contributed by atoms with Crippen molar-refractivity contribution < 1.29 is 13.9 Å². The molecule has 1 saturated heterocycles. The number of thiocarbonyl (C=S) groups is 1. The first-order valence-electron chi connectivity index (χ1n) is 10.4. The molecular formula is C23H25ClFN5O2S. The molecule has 1 aliphatic heterocycles. The Morgan fingerprint density at radius 3 is 2.70 bits per heavy atom. The minimum atomic E-state index is -0.253. The van der Waals surface area contributed by atoms with E-state index >= 15 is 0 Å². The maximum atomic E-state index is 13.1. The minimum Gasteiger partial charge on any atom is -0.482 e. The van der Waals surface area contributed by atoms with Gasteiger partial charge in [-0.25, -0.2) is 9.29 Å². The van der Waals surface area contributed by atoms with Gasteiger partial charge in [0.2, 0.25) is 0 Å². The van der Waals surface area contributed by atoms with Crippen LogP contribution in [0.4, 0.5) is 10.1 Å². The topological polar surface area (TPSA) is 71.8 Å². The van der Waals surface area contributed by atoms with E-state index in [-0.39, 0.29) is 29.5 Å². The molecule has 1 fully saturated rings. The predicted molar refractivity (Wildman–Crippen MR) is 130 cm³/mol. The molecule has 3 rings (SSSR count). The van der Waals surface area contributed by atoms with Gasteiger partial charge < -0.3 is 15.0 Å². The van der Waals surface area contributed by atoms with E-state index in [0.717, 1.165) is 5.56 Å². The van der Waals surface area contributed by atoms with Crippen LogP contribution in [-0.4, -0.2) is 60.2 Å². The Balaban J connectivity index is 1.61. The van der Waals surface area contributed by atoms with E-state index in [4.69, 9.17) is 28.6 Å². The largest absolute Gasteiger partial charge is 0.482 e. The molecule has 0 bridgehead atoms. The fraction of sp³-hybridized carbons (Fsp3) is 0.348. The first-order chi connectivity index (χ1) is 15.8. The molecule has 0 radical (unpaired) electrons. The van der Waals surface area contributed by atoms with Gasteiger partial charge in [-0.15, -0.1) is 0 Å². The number of piperazine rings is 1. The number of ether oxygens (including phenoxy) is 1. The highest BCUT2D eigenvalue weighted by molar-refractivity contribution is 7.80. The van der Waals surface area contributed by atoms with Crippen molar-refractivity contribution in [2.45, 2.75) is 19.5 Å². The van der Waals surface area contributed by atoms with Gasteiger partial charge in [0.05, 0.1) is 0 Å². The smallest absolute Gasteiger partial charge is 0.260 e. The van der Waals surface area contributed by atoms with Crippen LogP contribution < -0.4 is 15.0 Å². The van der Waals surface area contributed by atoms with Crippen molar-refractivity contribution in [2.75, 3.05) is 38.2 Å². The van der Waals surface area contributed by atoms with Gasteiger partial charge in [-0.05, 0) is 55.0 Å². The lowest BCUT2D eigenvalue weighted by atomic mass is 10.1. The lowest BCUT2D eigenvalue weighted by Crippen LogP contribution is -2.54. The molecule has 2 aromatic carbocycles. The summed E-state index contributed by atoms with van der Waals surface area (Å²) in [6.45, 7) is 4.48. The van der Waals surface area contributed by atoms with E-state index < -0.39 is 0 Å². The summed E-state index contributed by atoms with van der Waals surface area (Å²) in [6, 6.07) is 11.3. The van der Waals surface area contributed by atoms with Crippen molar-refractivity contribution in [3.8, 4) is 11.9 Å². The molecule has 1 aliphatic rings. The molecule has 0 saturated carbocycles. The number of carbonyl (C=O) groups excluding carboxylic acids is 1. The Morgan fingerprint density at radius 1 is 1.33 bits per heavy atom. The van der Waals surface area contributed by atoms with E-state index in [0.29, 0.717) is 42.6 Å². The molecule has 174 valence electrons. The Morgan fingerprint density at radius 2 is 2.06 bits per heavy atom. The Labute approximate surface area is 203 Å². The lowest BCUT2D eigenvalue weighted by molar-refractivity contribution is -0.137. The van der Waals surface area contributed by atoms with Crippen LogP contribution >= 0.6 is 23.8 Å². The molecule has 1 N–H and O–H groups in total. The normalized spacial score (nSPS) is 16.1. The zero-order chi connectivity index (χ0) is 24.0. The van der Waals surface area contributed by atoms with Crippen LogP contribution in [0.3, 0.4) is 0 Å². The van der Waals surface area contributed by atoms with Gasteiger partial charge >= 0.3 is 0 Å². The van der Waals surface area contributed by atoms with Gasteiger partial charge in [-0.2, -0.15) is 5.26 Å². The van der Waals surface area contributed by atoms with Crippen molar-refractivity contribution in [3.05, 3.63) is 58.9 Å². The number of carbonyl (C=O) groups is 1. The third-order valence-electron chi connectivity index (χ3n) is 5.38. The van der Waals surface area contributed by atoms with Crippen LogP contribution in [0.15, 0.2) is 42.5 Å². The number of nitrogens with one attached hydrogen (secondary N) is 1. The summed E-state index contributed by atoms with van der Waals surface area (Å²) in [4.78, 5) is 18.1. The maximum Gasteiger partial charge on any atom is 0.260 e. The first-order valence-corrected chi connectivity index (χ1v) is 11.2. The van der Waals surface area contributed by atoms with E-state index in [1.54, 1.807) is 42.3 Å². The van der Waals surface area contributed by atoms with Gasteiger partial charge in [0.1, 0.15) is 17.3 Å². The summed E-state index contributed by atoms with van der Waals surface area (Å²) in [5, 5.41) is 12.8. The minimum absolute atomic E-state index is 0.00698. The summed E-state index contributed by atoms with van der Waals surface area (Å²) in [6.07, 6.45) is 1.99. The summed E-state index contributed by atoms with van der Waals surface area (Å²) in [5.74, 6) is -0.0731. The summed E-state index contributed by atoms with van der Waals surface area (Å²) < 4.78 is 18.9. The van der Waals surface area contributed by atoms with E-state index in [1.165, 1.54) is 17.0 Å². The molecule has 10 heteroatoms. The van der Waals surface area contributed by atoms with Gasteiger partial charge in [0.25, 0.3) is 5.91 Å². The maximum absolute atomic E-state index is 13.1. The summed E-state index contributed by atoms with van der Waals surface area (Å²) in [7, 11) is 1.61.